The lowest BCUT2D eigenvalue weighted by Gasteiger charge is -2.09. The number of hydrogen-bond donors (Lipinski definition) is 0. The maximum Gasteiger partial charge on any atom is 0.340 e. The fourth-order valence-electron chi connectivity index (χ4n) is 1.28. The molecule has 2 nitrogen and oxygen atoms in total. The summed E-state index contributed by atoms with van der Waals surface area (Å²) < 4.78 is 18.1. The zero-order valence-electron chi connectivity index (χ0n) is 10.3. The first kappa shape index (κ1) is 14.0. The van der Waals surface area contributed by atoms with Crippen LogP contribution < -0.4 is 0 Å². The molecule has 0 heterocycles. The van der Waals surface area contributed by atoms with Crippen molar-refractivity contribution >= 4 is 17.7 Å². The molecular weight excluding hydrogens is 239 g/mol. The summed E-state index contributed by atoms with van der Waals surface area (Å²) in [5.74, 6) is -0.393. The Bertz CT molecular complexity index is 393. The van der Waals surface area contributed by atoms with Crippen molar-refractivity contribution in [2.75, 3.05) is 7.11 Å². The molecule has 1 unspecified atom stereocenters. The Kier molecular flexibility index (Phi) is 5.48. The van der Waals surface area contributed by atoms with E-state index >= 15 is 0 Å². The van der Waals surface area contributed by atoms with Crippen LogP contribution in [-0.4, -0.2) is 18.3 Å². The molecule has 0 radical (unpaired) electrons. The van der Waals surface area contributed by atoms with E-state index in [0.717, 1.165) is 17.7 Å². The largest absolute Gasteiger partial charge is 0.465 e. The van der Waals surface area contributed by atoms with E-state index in [2.05, 4.69) is 18.6 Å². The number of rotatable bonds is 5. The van der Waals surface area contributed by atoms with Gasteiger partial charge in [0, 0.05) is 11.0 Å². The molecule has 0 amide bonds. The Morgan fingerprint density at radius 2 is 2.24 bits per heavy atom. The molecule has 94 valence electrons. The molecule has 0 bridgehead atoms. The van der Waals surface area contributed by atoms with Crippen molar-refractivity contribution in [3.05, 3.63) is 35.1 Å². The number of benzene rings is 1. The minimum atomic E-state index is -0.636. The van der Waals surface area contributed by atoms with E-state index < -0.39 is 11.8 Å². The normalized spacial score (nSPS) is 12.2. The molecule has 4 heteroatoms. The number of methoxy groups -OCH3 is 1. The standard InChI is InChI=1S/C13H17FO2S/c1-4-9(2)17-8-10-5-6-11(12(14)7-10)13(15)16-3/h5-7,9H,4,8H2,1-3H3. The summed E-state index contributed by atoms with van der Waals surface area (Å²) in [6.07, 6.45) is 1.09. The van der Waals surface area contributed by atoms with Crippen LogP contribution in [0.3, 0.4) is 0 Å². The van der Waals surface area contributed by atoms with Crippen LogP contribution in [0.4, 0.5) is 4.39 Å². The van der Waals surface area contributed by atoms with Crippen molar-refractivity contribution in [1.82, 2.24) is 0 Å². The molecule has 0 saturated carbocycles. The summed E-state index contributed by atoms with van der Waals surface area (Å²) >= 11 is 1.78. The summed E-state index contributed by atoms with van der Waals surface area (Å²) in [6, 6.07) is 4.65. The molecule has 0 spiro atoms. The van der Waals surface area contributed by atoms with Gasteiger partial charge in [0.25, 0.3) is 0 Å². The molecule has 1 rings (SSSR count). The van der Waals surface area contributed by atoms with Gasteiger partial charge in [-0.3, -0.25) is 0 Å². The van der Waals surface area contributed by atoms with Gasteiger partial charge in [0.2, 0.25) is 0 Å². The summed E-state index contributed by atoms with van der Waals surface area (Å²) in [5.41, 5.74) is 0.880. The van der Waals surface area contributed by atoms with E-state index in [1.165, 1.54) is 19.2 Å². The highest BCUT2D eigenvalue weighted by Gasteiger charge is 2.12. The topological polar surface area (TPSA) is 26.3 Å². The molecule has 0 aliphatic carbocycles. The third-order valence-corrected chi connectivity index (χ3v) is 3.95. The van der Waals surface area contributed by atoms with Crippen LogP contribution in [0.15, 0.2) is 18.2 Å². The van der Waals surface area contributed by atoms with Crippen LogP contribution >= 0.6 is 11.8 Å². The number of esters is 1. The summed E-state index contributed by atoms with van der Waals surface area (Å²) in [7, 11) is 1.24. The Labute approximate surface area is 106 Å². The first-order chi connectivity index (χ1) is 8.08. The Balaban J connectivity index is 2.72. The van der Waals surface area contributed by atoms with E-state index in [9.17, 15) is 9.18 Å². The zero-order chi connectivity index (χ0) is 12.8. The van der Waals surface area contributed by atoms with Crippen molar-refractivity contribution in [3.8, 4) is 0 Å². The Hall–Kier alpha value is -1.03. The number of hydrogen-bond acceptors (Lipinski definition) is 3. The van der Waals surface area contributed by atoms with Crippen LogP contribution in [-0.2, 0) is 10.5 Å². The maximum atomic E-state index is 13.6. The summed E-state index contributed by atoms with van der Waals surface area (Å²) in [6.45, 7) is 4.27. The molecule has 0 aliphatic rings. The predicted octanol–water partition coefficient (Wildman–Crippen LogP) is 3.64. The molecule has 1 aromatic rings. The van der Waals surface area contributed by atoms with Crippen molar-refractivity contribution in [2.45, 2.75) is 31.3 Å². The number of halogens is 1. The third-order valence-electron chi connectivity index (χ3n) is 2.55. The monoisotopic (exact) mass is 256 g/mol. The average molecular weight is 256 g/mol. The Morgan fingerprint density at radius 1 is 1.53 bits per heavy atom. The van der Waals surface area contributed by atoms with Gasteiger partial charge in [-0.15, -0.1) is 0 Å². The number of ether oxygens (including phenoxy) is 1. The number of carbonyl (C=O) groups is 1. The zero-order valence-corrected chi connectivity index (χ0v) is 11.1. The van der Waals surface area contributed by atoms with Gasteiger partial charge in [0.15, 0.2) is 0 Å². The molecule has 1 atom stereocenters. The molecule has 0 N–H and O–H groups in total. The average Bonchev–Trinajstić information content (AvgIpc) is 2.35. The van der Waals surface area contributed by atoms with Gasteiger partial charge in [-0.1, -0.05) is 19.9 Å². The maximum absolute atomic E-state index is 13.6. The smallest absolute Gasteiger partial charge is 0.340 e. The highest BCUT2D eigenvalue weighted by molar-refractivity contribution is 7.99. The van der Waals surface area contributed by atoms with Crippen LogP contribution in [0.2, 0.25) is 0 Å². The van der Waals surface area contributed by atoms with Gasteiger partial charge in [0.1, 0.15) is 5.82 Å². The minimum absolute atomic E-state index is 0.00945. The van der Waals surface area contributed by atoms with Crippen LogP contribution in [0, 0.1) is 5.82 Å². The molecule has 0 fully saturated rings. The molecule has 17 heavy (non-hydrogen) atoms. The lowest BCUT2D eigenvalue weighted by Crippen LogP contribution is -2.04. The molecular formula is C13H17FO2S. The summed E-state index contributed by atoms with van der Waals surface area (Å²) in [5, 5.41) is 0.554. The van der Waals surface area contributed by atoms with Gasteiger partial charge in [0.05, 0.1) is 12.7 Å². The van der Waals surface area contributed by atoms with Crippen molar-refractivity contribution < 1.29 is 13.9 Å². The van der Waals surface area contributed by atoms with Crippen molar-refractivity contribution in [2.24, 2.45) is 0 Å². The second-order valence-corrected chi connectivity index (χ2v) is 5.26. The Morgan fingerprint density at radius 3 is 2.76 bits per heavy atom. The summed E-state index contributed by atoms with van der Waals surface area (Å²) in [4.78, 5) is 11.2. The molecule has 1 aromatic carbocycles. The SMILES string of the molecule is CCC(C)SCc1ccc(C(=O)OC)c(F)c1. The van der Waals surface area contributed by atoms with Crippen LogP contribution in [0.5, 0.6) is 0 Å². The van der Waals surface area contributed by atoms with Gasteiger partial charge in [-0.05, 0) is 24.1 Å². The molecule has 0 aliphatic heterocycles. The molecule has 0 saturated heterocycles. The van der Waals surface area contributed by atoms with E-state index in [4.69, 9.17) is 0 Å². The van der Waals surface area contributed by atoms with E-state index in [-0.39, 0.29) is 5.56 Å². The first-order valence-electron chi connectivity index (χ1n) is 5.56. The fraction of sp³-hybridized carbons (Fsp3) is 0.462. The first-order valence-corrected chi connectivity index (χ1v) is 6.61. The lowest BCUT2D eigenvalue weighted by molar-refractivity contribution is 0.0595. The minimum Gasteiger partial charge on any atom is -0.465 e. The van der Waals surface area contributed by atoms with Gasteiger partial charge < -0.3 is 4.74 Å². The number of carbonyl (C=O) groups excluding carboxylic acids is 1. The van der Waals surface area contributed by atoms with E-state index in [1.807, 2.05) is 0 Å². The second-order valence-electron chi connectivity index (χ2n) is 3.84. The van der Waals surface area contributed by atoms with Crippen LogP contribution in [0.1, 0.15) is 36.2 Å². The highest BCUT2D eigenvalue weighted by atomic mass is 32.2. The third kappa shape index (κ3) is 4.04. The van der Waals surface area contributed by atoms with Crippen molar-refractivity contribution in [3.63, 3.8) is 0 Å². The fourth-order valence-corrected chi connectivity index (χ4v) is 2.17. The second kappa shape index (κ2) is 6.64. The van der Waals surface area contributed by atoms with Gasteiger partial charge in [-0.25, -0.2) is 9.18 Å². The van der Waals surface area contributed by atoms with E-state index in [0.29, 0.717) is 5.25 Å². The predicted molar refractivity (Wildman–Crippen MR) is 68.8 cm³/mol. The van der Waals surface area contributed by atoms with Gasteiger partial charge in [-0.2, -0.15) is 11.8 Å². The number of thioether (sulfide) groups is 1. The van der Waals surface area contributed by atoms with E-state index in [1.54, 1.807) is 17.8 Å². The molecule has 0 aromatic heterocycles. The van der Waals surface area contributed by atoms with Crippen LogP contribution in [0.25, 0.3) is 0 Å². The quantitative estimate of drug-likeness (QED) is 0.752. The van der Waals surface area contributed by atoms with Gasteiger partial charge >= 0.3 is 5.97 Å². The lowest BCUT2D eigenvalue weighted by atomic mass is 10.1. The highest BCUT2D eigenvalue weighted by Crippen LogP contribution is 2.21. The van der Waals surface area contributed by atoms with Crippen molar-refractivity contribution in [1.29, 1.82) is 0 Å².